The molecule has 1 aliphatic carbocycles. The molecule has 1 saturated carbocycles. The highest BCUT2D eigenvalue weighted by atomic mass is 19.1. The Hall–Kier alpha value is -2.96. The molecule has 1 fully saturated rings. The number of carbonyl (C=O) groups is 1. The summed E-state index contributed by atoms with van der Waals surface area (Å²) in [6, 6.07) is 10.9. The summed E-state index contributed by atoms with van der Waals surface area (Å²) in [6.07, 6.45) is 3.03. The van der Waals surface area contributed by atoms with Crippen molar-refractivity contribution in [3.05, 3.63) is 65.2 Å². The second-order valence-corrected chi connectivity index (χ2v) is 7.10. The topological polar surface area (TPSA) is 65.5 Å². The number of rotatable bonds is 7. The zero-order valence-electron chi connectivity index (χ0n) is 16.5. The first-order chi connectivity index (χ1) is 14.0. The second-order valence-electron chi connectivity index (χ2n) is 7.10. The highest BCUT2D eigenvalue weighted by Crippen LogP contribution is 2.27. The molecule has 0 atom stereocenters. The first-order valence-corrected chi connectivity index (χ1v) is 9.91. The van der Waals surface area contributed by atoms with E-state index in [0.29, 0.717) is 19.0 Å². The fraction of sp³-hybridized carbons (Fsp3) is 0.364. The van der Waals surface area contributed by atoms with Crippen molar-refractivity contribution in [2.45, 2.75) is 39.3 Å². The van der Waals surface area contributed by atoms with E-state index < -0.39 is 11.6 Å². The van der Waals surface area contributed by atoms with Crippen LogP contribution >= 0.6 is 0 Å². The van der Waals surface area contributed by atoms with Gasteiger partial charge in [0.25, 0.3) is 0 Å². The van der Waals surface area contributed by atoms with Gasteiger partial charge in [0.1, 0.15) is 11.6 Å². The van der Waals surface area contributed by atoms with E-state index in [1.807, 2.05) is 31.2 Å². The lowest BCUT2D eigenvalue weighted by Crippen LogP contribution is -2.37. The van der Waals surface area contributed by atoms with Gasteiger partial charge in [0.2, 0.25) is 5.91 Å². The minimum absolute atomic E-state index is 0.0732. The summed E-state index contributed by atoms with van der Waals surface area (Å²) in [4.78, 5) is 16.6. The van der Waals surface area contributed by atoms with Gasteiger partial charge in [0.05, 0.1) is 6.54 Å². The lowest BCUT2D eigenvalue weighted by molar-refractivity contribution is -0.122. The van der Waals surface area contributed by atoms with E-state index in [9.17, 15) is 13.6 Å². The SMILES string of the molecule is CCNC(=NCc1cccc(NC(=O)C2CCC2)c1)NCc1cc(F)ccc1F. The van der Waals surface area contributed by atoms with Crippen molar-refractivity contribution in [3.8, 4) is 0 Å². The van der Waals surface area contributed by atoms with Crippen molar-refractivity contribution in [1.29, 1.82) is 0 Å². The number of carbonyl (C=O) groups excluding carboxylic acids is 1. The molecular formula is C22H26F2N4O. The molecule has 1 aliphatic rings. The molecule has 0 aliphatic heterocycles. The molecular weight excluding hydrogens is 374 g/mol. The van der Waals surface area contributed by atoms with E-state index in [-0.39, 0.29) is 23.9 Å². The summed E-state index contributed by atoms with van der Waals surface area (Å²) in [5.74, 6) is -0.246. The van der Waals surface area contributed by atoms with Crippen LogP contribution in [0.2, 0.25) is 0 Å². The number of guanidine groups is 1. The smallest absolute Gasteiger partial charge is 0.227 e. The van der Waals surface area contributed by atoms with Gasteiger partial charge in [-0.1, -0.05) is 18.6 Å². The van der Waals surface area contributed by atoms with Crippen molar-refractivity contribution in [2.24, 2.45) is 10.9 Å². The minimum Gasteiger partial charge on any atom is -0.357 e. The van der Waals surface area contributed by atoms with Crippen LogP contribution in [0, 0.1) is 17.6 Å². The van der Waals surface area contributed by atoms with Crippen LogP contribution in [0.15, 0.2) is 47.5 Å². The molecule has 0 spiro atoms. The fourth-order valence-corrected chi connectivity index (χ4v) is 3.03. The number of hydrogen-bond donors (Lipinski definition) is 3. The van der Waals surface area contributed by atoms with E-state index in [0.717, 1.165) is 42.6 Å². The number of nitrogens with zero attached hydrogens (tertiary/aromatic N) is 1. The van der Waals surface area contributed by atoms with Crippen LogP contribution in [0.1, 0.15) is 37.3 Å². The Kier molecular flexibility index (Phi) is 7.16. The first-order valence-electron chi connectivity index (χ1n) is 9.91. The number of benzene rings is 2. The van der Waals surface area contributed by atoms with Crippen LogP contribution in [-0.2, 0) is 17.9 Å². The van der Waals surface area contributed by atoms with E-state index in [4.69, 9.17) is 0 Å². The van der Waals surface area contributed by atoms with E-state index >= 15 is 0 Å². The van der Waals surface area contributed by atoms with E-state index in [1.165, 1.54) is 6.07 Å². The summed E-state index contributed by atoms with van der Waals surface area (Å²) >= 11 is 0. The molecule has 7 heteroatoms. The Morgan fingerprint density at radius 3 is 2.69 bits per heavy atom. The van der Waals surface area contributed by atoms with Crippen LogP contribution in [0.4, 0.5) is 14.5 Å². The molecule has 2 aromatic rings. The Bertz CT molecular complexity index is 881. The van der Waals surface area contributed by atoms with Gasteiger partial charge in [-0.3, -0.25) is 4.79 Å². The molecule has 0 heterocycles. The maximum Gasteiger partial charge on any atom is 0.227 e. The van der Waals surface area contributed by atoms with Gasteiger partial charge in [-0.15, -0.1) is 0 Å². The van der Waals surface area contributed by atoms with Crippen LogP contribution in [0.5, 0.6) is 0 Å². The number of aliphatic imine (C=N–C) groups is 1. The average molecular weight is 400 g/mol. The van der Waals surface area contributed by atoms with Crippen molar-refractivity contribution in [2.75, 3.05) is 11.9 Å². The van der Waals surface area contributed by atoms with E-state index in [2.05, 4.69) is 20.9 Å². The third-order valence-corrected chi connectivity index (χ3v) is 4.89. The van der Waals surface area contributed by atoms with Crippen LogP contribution < -0.4 is 16.0 Å². The number of halogens is 2. The predicted molar refractivity (Wildman–Crippen MR) is 110 cm³/mol. The predicted octanol–water partition coefficient (Wildman–Crippen LogP) is 3.96. The van der Waals surface area contributed by atoms with Gasteiger partial charge in [-0.25, -0.2) is 13.8 Å². The zero-order chi connectivity index (χ0) is 20.6. The largest absolute Gasteiger partial charge is 0.357 e. The Labute approximate surface area is 169 Å². The number of amides is 1. The van der Waals surface area contributed by atoms with Crippen LogP contribution in [0.3, 0.4) is 0 Å². The Morgan fingerprint density at radius 2 is 1.97 bits per heavy atom. The molecule has 0 unspecified atom stereocenters. The van der Waals surface area contributed by atoms with Crippen molar-refractivity contribution < 1.29 is 13.6 Å². The van der Waals surface area contributed by atoms with Gasteiger partial charge < -0.3 is 16.0 Å². The third-order valence-electron chi connectivity index (χ3n) is 4.89. The standard InChI is InChI=1S/C22H26F2N4O/c1-2-25-22(27-14-17-12-18(23)9-10-20(17)24)26-13-15-5-3-8-19(11-15)28-21(29)16-6-4-7-16/h3,5,8-12,16H,2,4,6-7,13-14H2,1H3,(H,28,29)(H2,25,26,27). The minimum atomic E-state index is -0.481. The van der Waals surface area contributed by atoms with Crippen molar-refractivity contribution in [1.82, 2.24) is 10.6 Å². The normalized spacial score (nSPS) is 14.2. The molecule has 3 rings (SSSR count). The van der Waals surface area contributed by atoms with Crippen LogP contribution in [0.25, 0.3) is 0 Å². The first kappa shape index (κ1) is 20.8. The van der Waals surface area contributed by atoms with Gasteiger partial charge in [-0.05, 0) is 55.7 Å². The lowest BCUT2D eigenvalue weighted by Gasteiger charge is -2.24. The molecule has 0 radical (unpaired) electrons. The highest BCUT2D eigenvalue weighted by molar-refractivity contribution is 5.93. The number of nitrogens with one attached hydrogen (secondary N) is 3. The van der Waals surface area contributed by atoms with Gasteiger partial charge in [0, 0.05) is 30.3 Å². The molecule has 2 aromatic carbocycles. The van der Waals surface area contributed by atoms with E-state index in [1.54, 1.807) is 0 Å². The Balaban J connectivity index is 1.61. The molecule has 0 aromatic heterocycles. The summed E-state index contributed by atoms with van der Waals surface area (Å²) in [5.41, 5.74) is 1.93. The molecule has 29 heavy (non-hydrogen) atoms. The molecule has 0 bridgehead atoms. The summed E-state index contributed by atoms with van der Waals surface area (Å²) in [6.45, 7) is 3.06. The summed E-state index contributed by atoms with van der Waals surface area (Å²) in [5, 5.41) is 9.06. The maximum absolute atomic E-state index is 13.8. The highest BCUT2D eigenvalue weighted by Gasteiger charge is 2.25. The molecule has 0 saturated heterocycles. The number of hydrogen-bond acceptors (Lipinski definition) is 2. The van der Waals surface area contributed by atoms with Crippen molar-refractivity contribution >= 4 is 17.6 Å². The number of anilines is 1. The van der Waals surface area contributed by atoms with Gasteiger partial charge >= 0.3 is 0 Å². The fourth-order valence-electron chi connectivity index (χ4n) is 3.03. The zero-order valence-corrected chi connectivity index (χ0v) is 16.5. The summed E-state index contributed by atoms with van der Waals surface area (Å²) < 4.78 is 27.1. The summed E-state index contributed by atoms with van der Waals surface area (Å²) in [7, 11) is 0. The molecule has 1 amide bonds. The van der Waals surface area contributed by atoms with Gasteiger partial charge in [0.15, 0.2) is 5.96 Å². The van der Waals surface area contributed by atoms with Crippen LogP contribution in [-0.4, -0.2) is 18.4 Å². The molecule has 154 valence electrons. The Morgan fingerprint density at radius 1 is 1.14 bits per heavy atom. The molecule has 3 N–H and O–H groups in total. The second kappa shape index (κ2) is 10.0. The average Bonchev–Trinajstić information content (AvgIpc) is 2.65. The monoisotopic (exact) mass is 400 g/mol. The van der Waals surface area contributed by atoms with Gasteiger partial charge in [-0.2, -0.15) is 0 Å². The quantitative estimate of drug-likeness (QED) is 0.487. The molecule has 5 nitrogen and oxygen atoms in total. The van der Waals surface area contributed by atoms with Crippen molar-refractivity contribution in [3.63, 3.8) is 0 Å². The maximum atomic E-state index is 13.8. The third kappa shape index (κ3) is 6.01. The lowest BCUT2D eigenvalue weighted by atomic mass is 9.85.